The summed E-state index contributed by atoms with van der Waals surface area (Å²) >= 11 is 6.49. The molecule has 0 saturated heterocycles. The molecule has 1 aliphatic rings. The number of aliphatic hydroxyl groups is 1. The molecule has 166 valence electrons. The summed E-state index contributed by atoms with van der Waals surface area (Å²) in [4.78, 5) is 33.6. The third-order valence-electron chi connectivity index (χ3n) is 5.38. The van der Waals surface area contributed by atoms with Crippen molar-refractivity contribution >= 4 is 29.2 Å². The third-order valence-corrected chi connectivity index (χ3v) is 5.67. The number of carbonyl (C=O) groups is 2. The number of aryl methyl sites for hydroxylation is 1. The van der Waals surface area contributed by atoms with Crippen molar-refractivity contribution in [1.82, 2.24) is 9.97 Å². The SMILES string of the molecule is CC[C@@H](c1ncccn1)C(CO)Oc1cc2c(cc1Cl)N(CCC(=O)O)C(=O)CCC2. The number of rotatable bonds is 9. The molecular formula is C22H26ClN3O5. The molecule has 0 bridgehead atoms. The number of anilines is 1. The van der Waals surface area contributed by atoms with Crippen LogP contribution >= 0.6 is 11.6 Å². The van der Waals surface area contributed by atoms with Crippen LogP contribution in [-0.2, 0) is 16.0 Å². The number of carboxylic acids is 1. The van der Waals surface area contributed by atoms with Crippen LogP contribution < -0.4 is 9.64 Å². The molecule has 2 aromatic rings. The lowest BCUT2D eigenvalue weighted by Gasteiger charge is -2.27. The summed E-state index contributed by atoms with van der Waals surface area (Å²) in [5.74, 6) is -0.328. The van der Waals surface area contributed by atoms with Gasteiger partial charge in [-0.2, -0.15) is 0 Å². The van der Waals surface area contributed by atoms with E-state index < -0.39 is 12.1 Å². The van der Waals surface area contributed by atoms with Crippen LogP contribution in [0.3, 0.4) is 0 Å². The van der Waals surface area contributed by atoms with E-state index in [9.17, 15) is 14.7 Å². The lowest BCUT2D eigenvalue weighted by atomic mass is 9.98. The molecule has 1 aromatic heterocycles. The van der Waals surface area contributed by atoms with Gasteiger partial charge in [-0.25, -0.2) is 9.97 Å². The molecule has 3 rings (SSSR count). The van der Waals surface area contributed by atoms with Crippen LogP contribution in [0.4, 0.5) is 5.69 Å². The summed E-state index contributed by atoms with van der Waals surface area (Å²) < 4.78 is 6.11. The molecule has 0 saturated carbocycles. The van der Waals surface area contributed by atoms with E-state index in [1.165, 1.54) is 4.90 Å². The van der Waals surface area contributed by atoms with Gasteiger partial charge in [-0.05, 0) is 43.0 Å². The number of fused-ring (bicyclic) bond motifs is 1. The normalized spacial score (nSPS) is 15.7. The number of nitrogens with zero attached hydrogens (tertiary/aromatic N) is 3. The zero-order valence-corrected chi connectivity index (χ0v) is 18.1. The molecule has 0 aliphatic carbocycles. The van der Waals surface area contributed by atoms with Gasteiger partial charge >= 0.3 is 5.97 Å². The first kappa shape index (κ1) is 23.0. The van der Waals surface area contributed by atoms with Crippen LogP contribution in [0.5, 0.6) is 5.75 Å². The van der Waals surface area contributed by atoms with Crippen molar-refractivity contribution in [3.63, 3.8) is 0 Å². The van der Waals surface area contributed by atoms with Crippen molar-refractivity contribution in [1.29, 1.82) is 0 Å². The van der Waals surface area contributed by atoms with E-state index in [0.29, 0.717) is 42.9 Å². The van der Waals surface area contributed by atoms with E-state index in [1.807, 2.05) is 6.92 Å². The average molecular weight is 448 g/mol. The number of aliphatic carboxylic acids is 1. The highest BCUT2D eigenvalue weighted by Gasteiger charge is 2.28. The second-order valence-corrected chi connectivity index (χ2v) is 7.82. The largest absolute Gasteiger partial charge is 0.486 e. The number of aliphatic hydroxyl groups excluding tert-OH is 1. The van der Waals surface area contributed by atoms with Crippen molar-refractivity contribution in [3.8, 4) is 5.75 Å². The van der Waals surface area contributed by atoms with Crippen LogP contribution in [-0.4, -0.2) is 51.3 Å². The lowest BCUT2D eigenvalue weighted by molar-refractivity contribution is -0.136. The zero-order chi connectivity index (χ0) is 22.4. The smallest absolute Gasteiger partial charge is 0.305 e. The maximum atomic E-state index is 12.5. The van der Waals surface area contributed by atoms with E-state index in [4.69, 9.17) is 21.4 Å². The average Bonchev–Trinajstić information content (AvgIpc) is 2.90. The summed E-state index contributed by atoms with van der Waals surface area (Å²) in [6, 6.07) is 5.16. The summed E-state index contributed by atoms with van der Waals surface area (Å²) in [5, 5.41) is 19.3. The monoisotopic (exact) mass is 447 g/mol. The molecule has 1 amide bonds. The quantitative estimate of drug-likeness (QED) is 0.606. The predicted molar refractivity (Wildman–Crippen MR) is 116 cm³/mol. The van der Waals surface area contributed by atoms with Gasteiger partial charge in [0.15, 0.2) is 0 Å². The highest BCUT2D eigenvalue weighted by Crippen LogP contribution is 2.38. The number of amides is 1. The Morgan fingerprint density at radius 2 is 2.03 bits per heavy atom. The second-order valence-electron chi connectivity index (χ2n) is 7.41. The van der Waals surface area contributed by atoms with Crippen LogP contribution in [0.1, 0.15) is 49.9 Å². The molecular weight excluding hydrogens is 422 g/mol. The van der Waals surface area contributed by atoms with Crippen molar-refractivity contribution in [2.75, 3.05) is 18.1 Å². The highest BCUT2D eigenvalue weighted by atomic mass is 35.5. The van der Waals surface area contributed by atoms with Gasteiger partial charge in [-0.15, -0.1) is 0 Å². The number of carboxylic acid groups (broad SMARTS) is 1. The Bertz CT molecular complexity index is 925. The molecule has 31 heavy (non-hydrogen) atoms. The zero-order valence-electron chi connectivity index (χ0n) is 17.3. The predicted octanol–water partition coefficient (Wildman–Crippen LogP) is 3.21. The minimum atomic E-state index is -0.968. The fourth-order valence-electron chi connectivity index (χ4n) is 3.80. The van der Waals surface area contributed by atoms with Gasteiger partial charge in [0.1, 0.15) is 17.7 Å². The molecule has 0 radical (unpaired) electrons. The molecule has 8 nitrogen and oxygen atoms in total. The minimum Gasteiger partial charge on any atom is -0.486 e. The van der Waals surface area contributed by atoms with E-state index in [2.05, 4.69) is 9.97 Å². The Hall–Kier alpha value is -2.71. The molecule has 2 heterocycles. The molecule has 2 atom stereocenters. The topological polar surface area (TPSA) is 113 Å². The van der Waals surface area contributed by atoms with Gasteiger partial charge in [0.05, 0.1) is 24.0 Å². The molecule has 9 heteroatoms. The Morgan fingerprint density at radius 1 is 1.29 bits per heavy atom. The van der Waals surface area contributed by atoms with Gasteiger partial charge in [0, 0.05) is 31.0 Å². The summed E-state index contributed by atoms with van der Waals surface area (Å²) in [6.07, 6.45) is 4.84. The lowest BCUT2D eigenvalue weighted by Crippen LogP contribution is -2.32. The van der Waals surface area contributed by atoms with Crippen LogP contribution in [0, 0.1) is 0 Å². The van der Waals surface area contributed by atoms with Crippen LogP contribution in [0.2, 0.25) is 5.02 Å². The maximum Gasteiger partial charge on any atom is 0.305 e. The number of ether oxygens (including phenoxy) is 1. The fourth-order valence-corrected chi connectivity index (χ4v) is 4.00. The molecule has 2 N–H and O–H groups in total. The van der Waals surface area contributed by atoms with Crippen LogP contribution in [0.15, 0.2) is 30.6 Å². The Morgan fingerprint density at radius 3 is 2.68 bits per heavy atom. The third kappa shape index (κ3) is 5.51. The molecule has 0 fully saturated rings. The molecule has 1 aliphatic heterocycles. The van der Waals surface area contributed by atoms with Gasteiger partial charge in [-0.3, -0.25) is 9.59 Å². The highest BCUT2D eigenvalue weighted by molar-refractivity contribution is 6.32. The number of hydrogen-bond acceptors (Lipinski definition) is 6. The Balaban J connectivity index is 1.89. The fraction of sp³-hybridized carbons (Fsp3) is 0.455. The first-order valence-electron chi connectivity index (χ1n) is 10.3. The summed E-state index contributed by atoms with van der Waals surface area (Å²) in [5.41, 5.74) is 1.47. The van der Waals surface area contributed by atoms with E-state index >= 15 is 0 Å². The number of aromatic nitrogens is 2. The number of carbonyl (C=O) groups excluding carboxylic acids is 1. The summed E-state index contributed by atoms with van der Waals surface area (Å²) in [6.45, 7) is 1.81. The van der Waals surface area contributed by atoms with Crippen molar-refractivity contribution in [3.05, 3.63) is 47.0 Å². The van der Waals surface area contributed by atoms with Crippen LogP contribution in [0.25, 0.3) is 0 Å². The van der Waals surface area contributed by atoms with Gasteiger partial charge in [0.25, 0.3) is 0 Å². The molecule has 0 spiro atoms. The minimum absolute atomic E-state index is 0.0836. The van der Waals surface area contributed by atoms with Gasteiger partial charge in [0.2, 0.25) is 5.91 Å². The molecule has 1 aromatic carbocycles. The Kier molecular flexibility index (Phi) is 7.81. The second kappa shape index (κ2) is 10.5. The van der Waals surface area contributed by atoms with E-state index in [0.717, 1.165) is 5.56 Å². The summed E-state index contributed by atoms with van der Waals surface area (Å²) in [7, 11) is 0. The first-order valence-corrected chi connectivity index (χ1v) is 10.7. The number of hydrogen-bond donors (Lipinski definition) is 2. The van der Waals surface area contributed by atoms with Gasteiger partial charge in [-0.1, -0.05) is 18.5 Å². The van der Waals surface area contributed by atoms with Crippen molar-refractivity contribution in [2.45, 2.75) is 51.0 Å². The van der Waals surface area contributed by atoms with Crippen molar-refractivity contribution in [2.24, 2.45) is 0 Å². The number of halogens is 1. The van der Waals surface area contributed by atoms with Gasteiger partial charge < -0.3 is 19.8 Å². The van der Waals surface area contributed by atoms with E-state index in [-0.39, 0.29) is 36.4 Å². The number of benzene rings is 1. The first-order chi connectivity index (χ1) is 14.9. The standard InChI is InChI=1S/C22H26ClN3O5/c1-2-15(22-24-8-4-9-25-22)19(13-27)31-18-11-14-5-3-6-20(28)26(10-7-21(29)30)17(14)12-16(18)23/h4,8-9,11-12,15,19,27H,2-3,5-7,10,13H2,1H3,(H,29,30)/t15-,19?/m1/s1. The van der Waals surface area contributed by atoms with Crippen molar-refractivity contribution < 1.29 is 24.5 Å². The van der Waals surface area contributed by atoms with E-state index in [1.54, 1.807) is 30.6 Å². The maximum absolute atomic E-state index is 12.5. The Labute approximate surface area is 185 Å². The molecule has 1 unspecified atom stereocenters.